The molecule has 1 rings (SSSR count). The van der Waals surface area contributed by atoms with Gasteiger partial charge < -0.3 is 34.3 Å². The zero-order valence-corrected chi connectivity index (χ0v) is 36.7. The molecular formula is C45H80O12S. The van der Waals surface area contributed by atoms with Crippen molar-refractivity contribution < 1.29 is 56.8 Å². The van der Waals surface area contributed by atoms with Crippen molar-refractivity contribution >= 4 is 22.1 Å². The van der Waals surface area contributed by atoms with Crippen molar-refractivity contribution in [3.05, 3.63) is 36.5 Å². The van der Waals surface area contributed by atoms with Gasteiger partial charge in [0.25, 0.3) is 10.1 Å². The number of esters is 2. The van der Waals surface area contributed by atoms with E-state index in [0.29, 0.717) is 12.8 Å². The smallest absolute Gasteiger partial charge is 0.306 e. The van der Waals surface area contributed by atoms with E-state index in [0.717, 1.165) is 64.2 Å². The molecule has 0 spiro atoms. The molecule has 0 aromatic carbocycles. The molecule has 0 amide bonds. The van der Waals surface area contributed by atoms with E-state index in [1.807, 2.05) is 0 Å². The summed E-state index contributed by atoms with van der Waals surface area (Å²) in [4.78, 5) is 25.4. The highest BCUT2D eigenvalue weighted by Gasteiger charge is 2.46. The van der Waals surface area contributed by atoms with Gasteiger partial charge in [-0.2, -0.15) is 8.42 Å². The second-order valence-corrected chi connectivity index (χ2v) is 17.2. The Hall–Kier alpha value is -2.13. The molecule has 338 valence electrons. The fourth-order valence-corrected chi connectivity index (χ4v) is 7.34. The molecule has 0 radical (unpaired) electrons. The average molecular weight is 845 g/mol. The minimum absolute atomic E-state index is 0.158. The van der Waals surface area contributed by atoms with Crippen LogP contribution in [0.5, 0.6) is 0 Å². The Morgan fingerprint density at radius 1 is 0.586 bits per heavy atom. The van der Waals surface area contributed by atoms with Crippen LogP contribution in [0.25, 0.3) is 0 Å². The van der Waals surface area contributed by atoms with Crippen LogP contribution in [0.1, 0.15) is 181 Å². The van der Waals surface area contributed by atoms with Crippen molar-refractivity contribution in [2.75, 3.05) is 19.0 Å². The maximum absolute atomic E-state index is 12.8. The van der Waals surface area contributed by atoms with E-state index in [1.54, 1.807) is 0 Å². The Kier molecular flexibility index (Phi) is 33.1. The van der Waals surface area contributed by atoms with Crippen LogP contribution < -0.4 is 0 Å². The zero-order valence-electron chi connectivity index (χ0n) is 35.9. The normalized spacial score (nSPS) is 20.7. The molecule has 0 bridgehead atoms. The first-order valence-electron chi connectivity index (χ1n) is 22.6. The van der Waals surface area contributed by atoms with Crippen LogP contribution in [0.15, 0.2) is 36.5 Å². The number of carbonyl (C=O) groups excluding carboxylic acids is 2. The van der Waals surface area contributed by atoms with Gasteiger partial charge in [-0.1, -0.05) is 147 Å². The Morgan fingerprint density at radius 2 is 1.05 bits per heavy atom. The fraction of sp³-hybridized carbons (Fsp3) is 0.822. The number of ether oxygens (including phenoxy) is 4. The van der Waals surface area contributed by atoms with Crippen molar-refractivity contribution in [2.24, 2.45) is 0 Å². The number of aliphatic hydroxyl groups excluding tert-OH is 3. The third-order valence-corrected chi connectivity index (χ3v) is 11.0. The van der Waals surface area contributed by atoms with E-state index in [-0.39, 0.29) is 19.4 Å². The van der Waals surface area contributed by atoms with Crippen LogP contribution in [0.4, 0.5) is 0 Å². The molecule has 0 aromatic rings. The summed E-state index contributed by atoms with van der Waals surface area (Å²) in [7, 11) is -4.60. The number of carbonyl (C=O) groups is 2. The van der Waals surface area contributed by atoms with Crippen LogP contribution in [0.2, 0.25) is 0 Å². The third kappa shape index (κ3) is 30.0. The van der Waals surface area contributed by atoms with Gasteiger partial charge in [0.15, 0.2) is 12.4 Å². The van der Waals surface area contributed by atoms with Gasteiger partial charge in [0.2, 0.25) is 0 Å². The molecule has 4 N–H and O–H groups in total. The standard InChI is InChI=1S/C45H80O12S/c1-3-5-7-9-11-13-15-17-19-21-23-25-27-29-31-33-40(46)54-35-38(36-55-45-44(50)43(49)42(48)39(57-45)37-58(51,52)53)56-41(47)34-32-30-28-26-24-22-20-18-16-14-12-10-8-6-4-2/h10,12-13,15,17,19,38-39,42-45,48-50H,3-9,11,14,16,18,20-37H2,1-2H3,(H,51,52,53)/b12-10+,15-13+,19-17+/t38-,39-,42-,43?,44?,45+/m1/s1. The average Bonchev–Trinajstić information content (AvgIpc) is 3.18. The van der Waals surface area contributed by atoms with E-state index < -0.39 is 71.2 Å². The number of hydrogen-bond donors (Lipinski definition) is 4. The molecule has 1 saturated heterocycles. The molecule has 13 heteroatoms. The number of unbranched alkanes of at least 4 members (excludes halogenated alkanes) is 20. The lowest BCUT2D eigenvalue weighted by molar-refractivity contribution is -0.297. The Labute approximate surface area is 351 Å². The van der Waals surface area contributed by atoms with Gasteiger partial charge in [-0.3, -0.25) is 14.1 Å². The number of hydrogen-bond acceptors (Lipinski definition) is 11. The van der Waals surface area contributed by atoms with Gasteiger partial charge in [0.1, 0.15) is 36.8 Å². The van der Waals surface area contributed by atoms with Crippen molar-refractivity contribution in [3.8, 4) is 0 Å². The zero-order chi connectivity index (χ0) is 42.7. The molecule has 2 unspecified atom stereocenters. The molecule has 0 saturated carbocycles. The molecule has 58 heavy (non-hydrogen) atoms. The maximum atomic E-state index is 12.8. The molecule has 6 atom stereocenters. The highest BCUT2D eigenvalue weighted by atomic mass is 32.2. The summed E-state index contributed by atoms with van der Waals surface area (Å²) in [6.45, 7) is 3.69. The van der Waals surface area contributed by atoms with Gasteiger partial charge in [-0.05, 0) is 57.8 Å². The minimum Gasteiger partial charge on any atom is -0.462 e. The summed E-state index contributed by atoms with van der Waals surface area (Å²) in [5, 5.41) is 30.9. The van der Waals surface area contributed by atoms with Crippen LogP contribution in [-0.2, 0) is 38.7 Å². The van der Waals surface area contributed by atoms with E-state index >= 15 is 0 Å². The lowest BCUT2D eigenvalue weighted by Crippen LogP contribution is -2.60. The Balaban J connectivity index is 2.46. The monoisotopic (exact) mass is 845 g/mol. The minimum atomic E-state index is -4.60. The van der Waals surface area contributed by atoms with E-state index in [2.05, 4.69) is 50.3 Å². The fourth-order valence-electron chi connectivity index (χ4n) is 6.65. The van der Waals surface area contributed by atoms with Crippen LogP contribution >= 0.6 is 0 Å². The molecule has 1 heterocycles. The molecule has 0 aliphatic carbocycles. The van der Waals surface area contributed by atoms with Crippen molar-refractivity contribution in [2.45, 2.75) is 218 Å². The largest absolute Gasteiger partial charge is 0.462 e. The molecule has 12 nitrogen and oxygen atoms in total. The summed E-state index contributed by atoms with van der Waals surface area (Å²) >= 11 is 0. The van der Waals surface area contributed by atoms with E-state index in [1.165, 1.54) is 77.0 Å². The predicted molar refractivity (Wildman–Crippen MR) is 229 cm³/mol. The lowest BCUT2D eigenvalue weighted by Gasteiger charge is -2.40. The van der Waals surface area contributed by atoms with Gasteiger partial charge in [-0.25, -0.2) is 0 Å². The van der Waals surface area contributed by atoms with Gasteiger partial charge in [0.05, 0.1) is 6.61 Å². The first kappa shape index (κ1) is 53.9. The maximum Gasteiger partial charge on any atom is 0.306 e. The summed E-state index contributed by atoms with van der Waals surface area (Å²) in [5.74, 6) is -2.00. The number of allylic oxidation sites excluding steroid dienone is 6. The van der Waals surface area contributed by atoms with Crippen molar-refractivity contribution in [1.29, 1.82) is 0 Å². The molecule has 1 fully saturated rings. The highest BCUT2D eigenvalue weighted by molar-refractivity contribution is 7.85. The van der Waals surface area contributed by atoms with Crippen molar-refractivity contribution in [3.63, 3.8) is 0 Å². The summed E-state index contributed by atoms with van der Waals surface area (Å²) in [6.07, 6.45) is 30.4. The van der Waals surface area contributed by atoms with Crippen LogP contribution in [0, 0.1) is 0 Å². The Morgan fingerprint density at radius 3 is 1.59 bits per heavy atom. The second-order valence-electron chi connectivity index (χ2n) is 15.7. The van der Waals surface area contributed by atoms with Gasteiger partial charge in [-0.15, -0.1) is 0 Å². The van der Waals surface area contributed by atoms with Crippen LogP contribution in [-0.4, -0.2) is 96.0 Å². The van der Waals surface area contributed by atoms with Crippen molar-refractivity contribution in [1.82, 2.24) is 0 Å². The molecule has 0 aromatic heterocycles. The highest BCUT2D eigenvalue weighted by Crippen LogP contribution is 2.24. The first-order valence-corrected chi connectivity index (χ1v) is 24.2. The quantitative estimate of drug-likeness (QED) is 0.0153. The number of rotatable bonds is 37. The first-order chi connectivity index (χ1) is 28.0. The lowest BCUT2D eigenvalue weighted by atomic mass is 10.00. The topological polar surface area (TPSA) is 186 Å². The number of aliphatic hydroxyl groups is 3. The van der Waals surface area contributed by atoms with Gasteiger partial charge >= 0.3 is 11.9 Å². The van der Waals surface area contributed by atoms with E-state index in [9.17, 15) is 37.9 Å². The predicted octanol–water partition coefficient (Wildman–Crippen LogP) is 9.00. The summed E-state index contributed by atoms with van der Waals surface area (Å²) < 4.78 is 54.0. The van der Waals surface area contributed by atoms with Crippen LogP contribution in [0.3, 0.4) is 0 Å². The van der Waals surface area contributed by atoms with Gasteiger partial charge in [0, 0.05) is 12.8 Å². The second kappa shape index (κ2) is 35.6. The Bertz CT molecular complexity index is 1220. The third-order valence-electron chi connectivity index (χ3n) is 10.2. The summed E-state index contributed by atoms with van der Waals surface area (Å²) in [6, 6.07) is 0. The SMILES string of the molecule is CCCC/C=C/CCCCCCCCCCCC(=O)O[C@H](COC(=O)CCCCCCC/C=C/C=C/CCCCCC)CO[C@H]1O[C@H](CS(=O)(=O)O)[C@@H](O)C(O)C1O. The van der Waals surface area contributed by atoms with E-state index in [4.69, 9.17) is 18.9 Å². The molecular weight excluding hydrogens is 765 g/mol. The molecule has 1 aliphatic rings. The summed E-state index contributed by atoms with van der Waals surface area (Å²) in [5.41, 5.74) is 0. The molecule has 1 aliphatic heterocycles.